The molecule has 0 aliphatic heterocycles. The fraction of sp³-hybridized carbons (Fsp3) is 0.440. The molecule has 202 valence electrons. The van der Waals surface area contributed by atoms with Gasteiger partial charge in [-0.3, -0.25) is 4.79 Å². The molecule has 5 rings (SSSR count). The first-order valence-electron chi connectivity index (χ1n) is 12.1. The lowest BCUT2D eigenvalue weighted by Gasteiger charge is -2.24. The van der Waals surface area contributed by atoms with Crippen molar-refractivity contribution in [1.29, 1.82) is 0 Å². The van der Waals surface area contributed by atoms with Gasteiger partial charge in [-0.2, -0.15) is 18.2 Å². The van der Waals surface area contributed by atoms with Gasteiger partial charge in [0, 0.05) is 38.3 Å². The summed E-state index contributed by atoms with van der Waals surface area (Å²) >= 11 is 14.7. The first kappa shape index (κ1) is 27.1. The highest BCUT2D eigenvalue weighted by Crippen LogP contribution is 2.57. The van der Waals surface area contributed by atoms with E-state index in [0.717, 1.165) is 41.2 Å². The molecule has 0 atom stereocenters. The maximum absolute atomic E-state index is 13.3. The van der Waals surface area contributed by atoms with Gasteiger partial charge in [-0.05, 0) is 55.7 Å². The van der Waals surface area contributed by atoms with Gasteiger partial charge < -0.3 is 14.7 Å². The van der Waals surface area contributed by atoms with Gasteiger partial charge in [-0.25, -0.2) is 4.98 Å². The van der Waals surface area contributed by atoms with E-state index in [1.807, 2.05) is 6.92 Å². The van der Waals surface area contributed by atoms with Crippen molar-refractivity contribution >= 4 is 52.4 Å². The van der Waals surface area contributed by atoms with Crippen molar-refractivity contribution in [3.63, 3.8) is 0 Å². The van der Waals surface area contributed by atoms with Crippen LogP contribution in [0.25, 0.3) is 0 Å². The molecule has 2 aliphatic rings. The van der Waals surface area contributed by atoms with E-state index in [0.29, 0.717) is 33.2 Å². The average Bonchev–Trinajstić information content (AvgIpc) is 3.77. The smallest absolute Gasteiger partial charge is 0.339 e. The maximum Gasteiger partial charge on any atom is 0.405 e. The highest BCUT2D eigenvalue weighted by atomic mass is 35.5. The van der Waals surface area contributed by atoms with Crippen molar-refractivity contribution < 1.29 is 22.5 Å². The number of anilines is 2. The number of carbonyl (C=O) groups is 1. The zero-order valence-corrected chi connectivity index (χ0v) is 22.6. The molecule has 0 unspecified atom stereocenters. The molecule has 2 fully saturated rings. The number of carbonyl (C=O) groups excluding carboxylic acids is 1. The number of hydrogen-bond acceptors (Lipinski definition) is 7. The van der Waals surface area contributed by atoms with Gasteiger partial charge in [0.2, 0.25) is 11.8 Å². The van der Waals surface area contributed by atoms with Crippen molar-refractivity contribution in [2.45, 2.75) is 55.0 Å². The summed E-state index contributed by atoms with van der Waals surface area (Å²) in [5.41, 5.74) is 0.367. The number of thioether (sulfide) groups is 1. The fourth-order valence-electron chi connectivity index (χ4n) is 4.36. The van der Waals surface area contributed by atoms with E-state index in [1.165, 1.54) is 36.2 Å². The quantitative estimate of drug-likeness (QED) is 0.260. The van der Waals surface area contributed by atoms with Crippen LogP contribution in [0.5, 0.6) is 0 Å². The highest BCUT2D eigenvalue weighted by molar-refractivity contribution is 7.99. The number of alkyl halides is 3. The number of aromatic nitrogens is 3. The van der Waals surface area contributed by atoms with Crippen LogP contribution in [-0.2, 0) is 10.2 Å². The number of rotatable bonds is 10. The predicted molar refractivity (Wildman–Crippen MR) is 140 cm³/mol. The summed E-state index contributed by atoms with van der Waals surface area (Å²) in [6, 6.07) is 6.22. The Hall–Kier alpha value is -2.50. The van der Waals surface area contributed by atoms with Gasteiger partial charge in [-0.1, -0.05) is 35.3 Å². The van der Waals surface area contributed by atoms with E-state index in [1.54, 1.807) is 6.07 Å². The molecule has 1 amide bonds. The Bertz CT molecular complexity index is 1300. The molecule has 7 nitrogen and oxygen atoms in total. The minimum Gasteiger partial charge on any atom is -0.339 e. The summed E-state index contributed by atoms with van der Waals surface area (Å²) < 4.78 is 45.2. The maximum atomic E-state index is 13.3. The summed E-state index contributed by atoms with van der Waals surface area (Å²) in [5.74, 6) is 1.66. The van der Waals surface area contributed by atoms with Crippen LogP contribution < -0.4 is 10.2 Å². The lowest BCUT2D eigenvalue weighted by atomic mass is 9.94. The SMILES string of the molecule is CCSc1ccc(N(CC(=O)Nc2cc(Cl)c(C3(c4noc(C5CC5)n4)CC3)c(Cl)c2)CC(F)(F)F)nc1. The number of halogens is 5. The molecule has 1 aromatic carbocycles. The molecule has 0 saturated heterocycles. The second-order valence-electron chi connectivity index (χ2n) is 9.43. The second-order valence-corrected chi connectivity index (χ2v) is 11.6. The molecule has 0 spiro atoms. The molecule has 3 aromatic rings. The molecule has 0 bridgehead atoms. The number of nitrogens with one attached hydrogen (secondary N) is 1. The fourth-order valence-corrected chi connectivity index (χ4v) is 5.83. The molecule has 2 aromatic heterocycles. The Labute approximate surface area is 231 Å². The second kappa shape index (κ2) is 10.6. The lowest BCUT2D eigenvalue weighted by molar-refractivity contribution is -0.122. The Morgan fingerprint density at radius 2 is 1.95 bits per heavy atom. The van der Waals surface area contributed by atoms with Crippen molar-refractivity contribution in [3.8, 4) is 0 Å². The standard InChI is InChI=1S/C25H24Cl2F3N5O2S/c1-2-38-16-5-6-19(31-11-16)35(13-25(28,29)30)12-20(36)32-15-9-17(26)21(18(27)10-15)24(7-8-24)23-33-22(37-34-23)14-3-4-14/h5-6,9-11,14H,2-4,7-8,12-13H2,1H3,(H,32,36). The number of pyridine rings is 1. The van der Waals surface area contributed by atoms with Gasteiger partial charge in [0.1, 0.15) is 12.4 Å². The van der Waals surface area contributed by atoms with Crippen LogP contribution >= 0.6 is 35.0 Å². The molecule has 13 heteroatoms. The van der Waals surface area contributed by atoms with Gasteiger partial charge in [0.05, 0.1) is 12.0 Å². The summed E-state index contributed by atoms with van der Waals surface area (Å²) in [4.78, 5) is 23.2. The molecule has 2 saturated carbocycles. The van der Waals surface area contributed by atoms with Crippen molar-refractivity contribution in [2.24, 2.45) is 0 Å². The zero-order valence-electron chi connectivity index (χ0n) is 20.3. The number of hydrogen-bond donors (Lipinski definition) is 1. The van der Waals surface area contributed by atoms with Crippen LogP contribution in [0.15, 0.2) is 39.9 Å². The minimum atomic E-state index is -4.53. The van der Waals surface area contributed by atoms with Crippen molar-refractivity contribution in [2.75, 3.05) is 29.1 Å². The van der Waals surface area contributed by atoms with E-state index >= 15 is 0 Å². The topological polar surface area (TPSA) is 84.2 Å². The summed E-state index contributed by atoms with van der Waals surface area (Å²) in [5, 5.41) is 7.39. The van der Waals surface area contributed by atoms with Crippen LogP contribution in [0.1, 0.15) is 55.8 Å². The molecule has 2 heterocycles. The third kappa shape index (κ3) is 6.05. The summed E-state index contributed by atoms with van der Waals surface area (Å²) in [6.45, 7) is 0.0647. The van der Waals surface area contributed by atoms with E-state index in [9.17, 15) is 18.0 Å². The number of benzene rings is 1. The van der Waals surface area contributed by atoms with Crippen LogP contribution in [0.2, 0.25) is 10.0 Å². The minimum absolute atomic E-state index is 0.0469. The Morgan fingerprint density at radius 1 is 1.24 bits per heavy atom. The molecule has 0 radical (unpaired) electrons. The predicted octanol–water partition coefficient (Wildman–Crippen LogP) is 6.85. The largest absolute Gasteiger partial charge is 0.405 e. The first-order valence-corrected chi connectivity index (χ1v) is 13.9. The van der Waals surface area contributed by atoms with Gasteiger partial charge in [-0.15, -0.1) is 11.8 Å². The molecule has 1 N–H and O–H groups in total. The van der Waals surface area contributed by atoms with Crippen LogP contribution in [0.4, 0.5) is 24.7 Å². The number of nitrogens with zero attached hydrogens (tertiary/aromatic N) is 4. The summed E-state index contributed by atoms with van der Waals surface area (Å²) in [7, 11) is 0. The monoisotopic (exact) mass is 585 g/mol. The van der Waals surface area contributed by atoms with Gasteiger partial charge in [0.15, 0.2) is 5.82 Å². The molecular weight excluding hydrogens is 562 g/mol. The van der Waals surface area contributed by atoms with E-state index in [4.69, 9.17) is 27.7 Å². The summed E-state index contributed by atoms with van der Waals surface area (Å²) in [6.07, 6.45) is 0.524. The lowest BCUT2D eigenvalue weighted by Crippen LogP contribution is -2.40. The van der Waals surface area contributed by atoms with Crippen molar-refractivity contribution in [3.05, 3.63) is 57.8 Å². The molecule has 38 heavy (non-hydrogen) atoms. The van der Waals surface area contributed by atoms with Crippen LogP contribution in [-0.4, -0.2) is 46.1 Å². The highest BCUT2D eigenvalue weighted by Gasteiger charge is 2.53. The van der Waals surface area contributed by atoms with Gasteiger partial charge >= 0.3 is 6.18 Å². The van der Waals surface area contributed by atoms with Crippen molar-refractivity contribution in [1.82, 2.24) is 15.1 Å². The Morgan fingerprint density at radius 3 is 2.50 bits per heavy atom. The Balaban J connectivity index is 1.31. The van der Waals surface area contributed by atoms with Crippen LogP contribution in [0, 0.1) is 0 Å². The Kier molecular flexibility index (Phi) is 7.54. The normalized spacial score (nSPS) is 16.4. The van der Waals surface area contributed by atoms with E-state index in [2.05, 4.69) is 20.4 Å². The number of amides is 1. The molecule has 2 aliphatic carbocycles. The third-order valence-electron chi connectivity index (χ3n) is 6.41. The average molecular weight is 586 g/mol. The van der Waals surface area contributed by atoms with Gasteiger partial charge in [0.25, 0.3) is 0 Å². The third-order valence-corrected chi connectivity index (χ3v) is 7.87. The van der Waals surface area contributed by atoms with E-state index < -0.39 is 30.6 Å². The van der Waals surface area contributed by atoms with Crippen LogP contribution in [0.3, 0.4) is 0 Å². The zero-order chi connectivity index (χ0) is 27.1. The first-order chi connectivity index (χ1) is 18.1. The van der Waals surface area contributed by atoms with E-state index in [-0.39, 0.29) is 11.5 Å². The molecular formula is C25H24Cl2F3N5O2S.